The summed E-state index contributed by atoms with van der Waals surface area (Å²) in [6.45, 7) is 2.27. The van der Waals surface area contributed by atoms with E-state index in [4.69, 9.17) is 4.74 Å². The first-order valence-electron chi connectivity index (χ1n) is 10.6. The van der Waals surface area contributed by atoms with Gasteiger partial charge in [0.1, 0.15) is 5.25 Å². The maximum atomic E-state index is 12.0. The average Bonchev–Trinajstić information content (AvgIpc) is 2.68. The Morgan fingerprint density at radius 3 is 1.85 bits per heavy atom. The number of methoxy groups -OCH3 is 1. The molecule has 0 fully saturated rings. The van der Waals surface area contributed by atoms with E-state index in [-0.39, 0.29) is 11.2 Å². The molecule has 0 radical (unpaired) electrons. The van der Waals surface area contributed by atoms with Gasteiger partial charge in [0.05, 0.1) is 7.11 Å². The zero-order valence-corrected chi connectivity index (χ0v) is 17.7. The molecular weight excluding hydrogens is 340 g/mol. The highest BCUT2D eigenvalue weighted by Crippen LogP contribution is 2.27. The Hall–Kier alpha value is -0.960. The first-order chi connectivity index (χ1) is 12.8. The Bertz CT molecular complexity index is 447. The lowest BCUT2D eigenvalue weighted by molar-refractivity contribution is -0.140. The van der Waals surface area contributed by atoms with Crippen molar-refractivity contribution in [2.45, 2.75) is 101 Å². The number of carbonyl (C=O) groups excluding carboxylic acids is 1. The van der Waals surface area contributed by atoms with Gasteiger partial charge in [0, 0.05) is 4.90 Å². The number of thioether (sulfide) groups is 1. The number of hydrogen-bond donors (Lipinski definition) is 0. The SMILES string of the molecule is CCCCCCCCCCCCCCC(Sc1ccccc1)C(=O)OC. The van der Waals surface area contributed by atoms with Gasteiger partial charge in [0.2, 0.25) is 0 Å². The van der Waals surface area contributed by atoms with Crippen molar-refractivity contribution in [3.8, 4) is 0 Å². The molecule has 0 spiro atoms. The molecule has 3 heteroatoms. The molecule has 1 aromatic rings. The lowest BCUT2D eigenvalue weighted by atomic mass is 10.0. The first kappa shape index (κ1) is 23.1. The summed E-state index contributed by atoms with van der Waals surface area (Å²) < 4.78 is 4.98. The minimum Gasteiger partial charge on any atom is -0.468 e. The quantitative estimate of drug-likeness (QED) is 0.170. The molecule has 1 atom stereocenters. The van der Waals surface area contributed by atoms with Crippen molar-refractivity contribution in [1.82, 2.24) is 0 Å². The van der Waals surface area contributed by atoms with Crippen LogP contribution in [0.2, 0.25) is 0 Å². The molecule has 1 aromatic carbocycles. The number of rotatable bonds is 16. The molecule has 0 aliphatic heterocycles. The molecule has 0 aromatic heterocycles. The van der Waals surface area contributed by atoms with E-state index >= 15 is 0 Å². The van der Waals surface area contributed by atoms with Crippen LogP contribution in [0.4, 0.5) is 0 Å². The molecule has 1 unspecified atom stereocenters. The third-order valence-corrected chi connectivity index (χ3v) is 6.06. The summed E-state index contributed by atoms with van der Waals surface area (Å²) in [5, 5.41) is -0.0782. The van der Waals surface area contributed by atoms with Gasteiger partial charge in [-0.2, -0.15) is 0 Å². The lowest BCUT2D eigenvalue weighted by Gasteiger charge is -2.14. The third-order valence-electron chi connectivity index (χ3n) is 4.81. The molecule has 0 aliphatic rings. The minimum absolute atomic E-state index is 0.0782. The highest BCUT2D eigenvalue weighted by molar-refractivity contribution is 8.00. The van der Waals surface area contributed by atoms with Crippen LogP contribution >= 0.6 is 11.8 Å². The van der Waals surface area contributed by atoms with Gasteiger partial charge in [-0.3, -0.25) is 4.79 Å². The molecule has 0 N–H and O–H groups in total. The van der Waals surface area contributed by atoms with Gasteiger partial charge in [-0.1, -0.05) is 102 Å². The van der Waals surface area contributed by atoms with Gasteiger partial charge < -0.3 is 4.74 Å². The van der Waals surface area contributed by atoms with Crippen molar-refractivity contribution in [1.29, 1.82) is 0 Å². The zero-order valence-electron chi connectivity index (χ0n) is 16.9. The van der Waals surface area contributed by atoms with E-state index in [0.29, 0.717) is 0 Å². The van der Waals surface area contributed by atoms with E-state index in [1.54, 1.807) is 11.8 Å². The molecule has 1 rings (SSSR count). The Balaban J connectivity index is 2.05. The number of hydrogen-bond acceptors (Lipinski definition) is 3. The summed E-state index contributed by atoms with van der Waals surface area (Å²) in [4.78, 5) is 13.1. The maximum Gasteiger partial charge on any atom is 0.319 e. The molecule has 26 heavy (non-hydrogen) atoms. The van der Waals surface area contributed by atoms with Gasteiger partial charge in [0.15, 0.2) is 0 Å². The lowest BCUT2D eigenvalue weighted by Crippen LogP contribution is -2.18. The molecule has 148 valence electrons. The molecular formula is C23H38O2S. The van der Waals surface area contributed by atoms with Crippen molar-refractivity contribution in [2.75, 3.05) is 7.11 Å². The Morgan fingerprint density at radius 1 is 0.846 bits per heavy atom. The van der Waals surface area contributed by atoms with Crippen molar-refractivity contribution < 1.29 is 9.53 Å². The van der Waals surface area contributed by atoms with E-state index in [0.717, 1.165) is 17.7 Å². The maximum absolute atomic E-state index is 12.0. The molecule has 2 nitrogen and oxygen atoms in total. The van der Waals surface area contributed by atoms with Crippen molar-refractivity contribution in [3.63, 3.8) is 0 Å². The Morgan fingerprint density at radius 2 is 1.35 bits per heavy atom. The highest BCUT2D eigenvalue weighted by Gasteiger charge is 2.19. The van der Waals surface area contributed by atoms with Crippen LogP contribution in [0.1, 0.15) is 90.4 Å². The van der Waals surface area contributed by atoms with E-state index < -0.39 is 0 Å². The molecule has 0 heterocycles. The van der Waals surface area contributed by atoms with Crippen LogP contribution in [-0.2, 0) is 9.53 Å². The Kier molecular flexibility index (Phi) is 14.4. The fraction of sp³-hybridized carbons (Fsp3) is 0.696. The van der Waals surface area contributed by atoms with E-state index in [9.17, 15) is 4.79 Å². The smallest absolute Gasteiger partial charge is 0.319 e. The van der Waals surface area contributed by atoms with Gasteiger partial charge >= 0.3 is 5.97 Å². The number of carbonyl (C=O) groups is 1. The summed E-state index contributed by atoms with van der Waals surface area (Å²) in [5.41, 5.74) is 0. The fourth-order valence-corrected chi connectivity index (χ4v) is 4.31. The van der Waals surface area contributed by atoms with Crippen LogP contribution in [-0.4, -0.2) is 18.3 Å². The zero-order chi connectivity index (χ0) is 18.9. The standard InChI is InChI=1S/C23H38O2S/c1-3-4-5-6-7-8-9-10-11-12-13-17-20-22(23(24)25-2)26-21-18-15-14-16-19-21/h14-16,18-19,22H,3-13,17,20H2,1-2H3. The molecule has 0 bridgehead atoms. The van der Waals surface area contributed by atoms with Crippen LogP contribution in [0.15, 0.2) is 35.2 Å². The van der Waals surface area contributed by atoms with E-state index in [1.807, 2.05) is 18.2 Å². The number of unbranched alkanes of at least 4 members (excludes halogenated alkanes) is 11. The summed E-state index contributed by atoms with van der Waals surface area (Å²) in [7, 11) is 1.49. The second-order valence-corrected chi connectivity index (χ2v) is 8.40. The van der Waals surface area contributed by atoms with Crippen LogP contribution in [0.5, 0.6) is 0 Å². The van der Waals surface area contributed by atoms with Gasteiger partial charge in [0.25, 0.3) is 0 Å². The number of ether oxygens (including phenoxy) is 1. The topological polar surface area (TPSA) is 26.3 Å². The average molecular weight is 379 g/mol. The molecule has 0 amide bonds. The van der Waals surface area contributed by atoms with Crippen LogP contribution in [0, 0.1) is 0 Å². The normalized spacial score (nSPS) is 12.1. The van der Waals surface area contributed by atoms with Gasteiger partial charge in [-0.25, -0.2) is 0 Å². The van der Waals surface area contributed by atoms with Crippen LogP contribution in [0.3, 0.4) is 0 Å². The van der Waals surface area contributed by atoms with Gasteiger partial charge in [-0.05, 0) is 18.6 Å². The van der Waals surface area contributed by atoms with Crippen molar-refractivity contribution >= 4 is 17.7 Å². The minimum atomic E-state index is -0.0954. The number of benzene rings is 1. The highest BCUT2D eigenvalue weighted by atomic mass is 32.2. The first-order valence-corrected chi connectivity index (χ1v) is 11.5. The third kappa shape index (κ3) is 11.6. The van der Waals surface area contributed by atoms with Crippen LogP contribution in [0.25, 0.3) is 0 Å². The summed E-state index contributed by atoms with van der Waals surface area (Å²) in [6, 6.07) is 10.1. The van der Waals surface area contributed by atoms with E-state index in [1.165, 1.54) is 77.7 Å². The monoisotopic (exact) mass is 378 g/mol. The van der Waals surface area contributed by atoms with Crippen molar-refractivity contribution in [2.24, 2.45) is 0 Å². The predicted octanol–water partition coefficient (Wildman–Crippen LogP) is 7.41. The molecule has 0 saturated carbocycles. The Labute approximate surface area is 165 Å². The summed E-state index contributed by atoms with van der Waals surface area (Å²) >= 11 is 1.63. The summed E-state index contributed by atoms with van der Waals surface area (Å²) in [6.07, 6.45) is 17.0. The number of esters is 1. The fourth-order valence-electron chi connectivity index (χ4n) is 3.19. The molecule has 0 saturated heterocycles. The molecule has 0 aliphatic carbocycles. The largest absolute Gasteiger partial charge is 0.468 e. The second kappa shape index (κ2) is 16.2. The summed E-state index contributed by atoms with van der Waals surface area (Å²) in [5.74, 6) is -0.0954. The second-order valence-electron chi connectivity index (χ2n) is 7.12. The van der Waals surface area contributed by atoms with E-state index in [2.05, 4.69) is 19.1 Å². The van der Waals surface area contributed by atoms with Crippen LogP contribution < -0.4 is 0 Å². The van der Waals surface area contributed by atoms with Gasteiger partial charge in [-0.15, -0.1) is 11.8 Å². The van der Waals surface area contributed by atoms with Crippen molar-refractivity contribution in [3.05, 3.63) is 30.3 Å². The predicted molar refractivity (Wildman–Crippen MR) is 114 cm³/mol.